The van der Waals surface area contributed by atoms with Crippen molar-refractivity contribution in [2.75, 3.05) is 0 Å². The zero-order chi connectivity index (χ0) is 24.2. The van der Waals surface area contributed by atoms with Gasteiger partial charge in [-0.05, 0) is 18.6 Å². The van der Waals surface area contributed by atoms with Crippen molar-refractivity contribution < 1.29 is 22.7 Å². The van der Waals surface area contributed by atoms with E-state index in [1.54, 1.807) is 11.6 Å². The number of benzene rings is 2. The van der Waals surface area contributed by atoms with E-state index in [0.29, 0.717) is 36.3 Å². The molecule has 0 unspecified atom stereocenters. The van der Waals surface area contributed by atoms with Crippen molar-refractivity contribution in [1.82, 2.24) is 24.6 Å². The molecule has 2 aromatic heterocycles. The van der Waals surface area contributed by atoms with Crippen molar-refractivity contribution in [2.24, 2.45) is 7.05 Å². The highest BCUT2D eigenvalue weighted by atomic mass is 19.1. The van der Waals surface area contributed by atoms with Gasteiger partial charge in [0.25, 0.3) is 0 Å². The molecular weight excluding hydrogens is 447 g/mol. The van der Waals surface area contributed by atoms with Crippen molar-refractivity contribution in [3.05, 3.63) is 89.3 Å². The van der Waals surface area contributed by atoms with Crippen LogP contribution >= 0.6 is 0 Å². The van der Waals surface area contributed by atoms with Gasteiger partial charge in [-0.2, -0.15) is 5.10 Å². The zero-order valence-corrected chi connectivity index (χ0v) is 18.4. The standard InChI is InChI=1S/C24H20F3N5O2/c1-15-22(28-13-29-24(15)34-23-19(26)9-18(25)10-20(23)27)12-32(14-33)11-16-3-5-17(6-4-16)21-7-8-31(2)30-21/h3-10,13-14H,11-12H2,1-2H3. The van der Waals surface area contributed by atoms with E-state index >= 15 is 0 Å². The van der Waals surface area contributed by atoms with Crippen molar-refractivity contribution in [3.63, 3.8) is 0 Å². The maximum atomic E-state index is 14.0. The van der Waals surface area contributed by atoms with Gasteiger partial charge in [-0.1, -0.05) is 24.3 Å². The van der Waals surface area contributed by atoms with Gasteiger partial charge < -0.3 is 9.64 Å². The van der Waals surface area contributed by atoms with Gasteiger partial charge in [0.05, 0.1) is 17.9 Å². The Labute approximate surface area is 193 Å². The molecule has 4 aromatic rings. The number of carbonyl (C=O) groups excluding carboxylic acids is 1. The second kappa shape index (κ2) is 9.74. The van der Waals surface area contributed by atoms with Crippen LogP contribution in [0.2, 0.25) is 0 Å². The zero-order valence-electron chi connectivity index (χ0n) is 18.4. The number of halogens is 3. The Morgan fingerprint density at radius 2 is 1.74 bits per heavy atom. The molecule has 2 heterocycles. The van der Waals surface area contributed by atoms with E-state index < -0.39 is 23.2 Å². The predicted octanol–water partition coefficient (Wildman–Crippen LogP) is 4.55. The van der Waals surface area contributed by atoms with Gasteiger partial charge in [0.15, 0.2) is 11.6 Å². The molecule has 0 spiro atoms. The minimum Gasteiger partial charge on any atom is -0.432 e. The van der Waals surface area contributed by atoms with Crippen molar-refractivity contribution in [2.45, 2.75) is 20.0 Å². The van der Waals surface area contributed by atoms with Crippen LogP contribution in [0, 0.1) is 24.4 Å². The van der Waals surface area contributed by atoms with Crippen LogP contribution in [0.1, 0.15) is 16.8 Å². The lowest BCUT2D eigenvalue weighted by molar-refractivity contribution is -0.119. The quantitative estimate of drug-likeness (QED) is 0.356. The predicted molar refractivity (Wildman–Crippen MR) is 117 cm³/mol. The van der Waals surface area contributed by atoms with E-state index in [1.165, 1.54) is 11.2 Å². The number of nitrogens with zero attached hydrogens (tertiary/aromatic N) is 5. The van der Waals surface area contributed by atoms with Crippen LogP contribution in [-0.4, -0.2) is 31.1 Å². The number of aryl methyl sites for hydroxylation is 1. The van der Waals surface area contributed by atoms with Crippen LogP contribution in [0.4, 0.5) is 13.2 Å². The molecule has 4 rings (SSSR count). The normalized spacial score (nSPS) is 10.9. The van der Waals surface area contributed by atoms with E-state index in [0.717, 1.165) is 16.8 Å². The first-order valence-corrected chi connectivity index (χ1v) is 10.2. The van der Waals surface area contributed by atoms with Gasteiger partial charge in [0.2, 0.25) is 18.0 Å². The van der Waals surface area contributed by atoms with Crippen molar-refractivity contribution >= 4 is 6.41 Å². The third kappa shape index (κ3) is 5.06. The number of hydrogen-bond acceptors (Lipinski definition) is 5. The number of rotatable bonds is 8. The van der Waals surface area contributed by atoms with Gasteiger partial charge in [0.1, 0.15) is 12.1 Å². The highest BCUT2D eigenvalue weighted by molar-refractivity contribution is 5.59. The summed E-state index contributed by atoms with van der Waals surface area (Å²) in [5.74, 6) is -4.31. The van der Waals surface area contributed by atoms with Crippen LogP contribution in [-0.2, 0) is 24.9 Å². The van der Waals surface area contributed by atoms with E-state index in [4.69, 9.17) is 4.74 Å². The Morgan fingerprint density at radius 3 is 2.35 bits per heavy atom. The summed E-state index contributed by atoms with van der Waals surface area (Å²) in [4.78, 5) is 21.3. The molecule has 0 bridgehead atoms. The van der Waals surface area contributed by atoms with Gasteiger partial charge in [0, 0.05) is 43.0 Å². The summed E-state index contributed by atoms with van der Waals surface area (Å²) in [6.45, 7) is 2.03. The fourth-order valence-corrected chi connectivity index (χ4v) is 3.36. The first-order chi connectivity index (χ1) is 16.3. The highest BCUT2D eigenvalue weighted by Crippen LogP contribution is 2.30. The van der Waals surface area contributed by atoms with E-state index in [2.05, 4.69) is 15.1 Å². The summed E-state index contributed by atoms with van der Waals surface area (Å²) in [5, 5.41) is 4.37. The summed E-state index contributed by atoms with van der Waals surface area (Å²) < 4.78 is 48.1. The molecule has 10 heteroatoms. The Morgan fingerprint density at radius 1 is 1.03 bits per heavy atom. The largest absolute Gasteiger partial charge is 0.432 e. The number of ether oxygens (including phenoxy) is 1. The molecule has 0 N–H and O–H groups in total. The maximum Gasteiger partial charge on any atom is 0.225 e. The molecule has 2 aromatic carbocycles. The van der Waals surface area contributed by atoms with Gasteiger partial charge in [-0.15, -0.1) is 0 Å². The Bertz CT molecular complexity index is 1300. The Hall–Kier alpha value is -4.21. The second-order valence-corrected chi connectivity index (χ2v) is 7.63. The smallest absolute Gasteiger partial charge is 0.225 e. The summed E-state index contributed by atoms with van der Waals surface area (Å²) >= 11 is 0. The molecule has 0 saturated carbocycles. The van der Waals surface area contributed by atoms with Crippen molar-refractivity contribution in [3.8, 4) is 22.9 Å². The Kier molecular flexibility index (Phi) is 6.58. The highest BCUT2D eigenvalue weighted by Gasteiger charge is 2.18. The van der Waals surface area contributed by atoms with Gasteiger partial charge in [-0.3, -0.25) is 9.48 Å². The molecule has 0 saturated heterocycles. The fraction of sp³-hybridized carbons (Fsp3) is 0.167. The van der Waals surface area contributed by atoms with E-state index in [9.17, 15) is 18.0 Å². The summed E-state index contributed by atoms with van der Waals surface area (Å²) in [5.41, 5.74) is 3.52. The number of aromatic nitrogens is 4. The summed E-state index contributed by atoms with van der Waals surface area (Å²) in [7, 11) is 1.85. The lowest BCUT2D eigenvalue weighted by Gasteiger charge is -2.19. The van der Waals surface area contributed by atoms with Crippen molar-refractivity contribution in [1.29, 1.82) is 0 Å². The van der Waals surface area contributed by atoms with Crippen LogP contribution in [0.5, 0.6) is 11.6 Å². The SMILES string of the molecule is Cc1c(CN(C=O)Cc2ccc(-c3ccn(C)n3)cc2)ncnc1Oc1c(F)cc(F)cc1F. The first kappa shape index (κ1) is 23.0. The molecule has 0 fully saturated rings. The first-order valence-electron chi connectivity index (χ1n) is 10.2. The molecule has 34 heavy (non-hydrogen) atoms. The van der Waals surface area contributed by atoms with Gasteiger partial charge in [-0.25, -0.2) is 23.1 Å². The lowest BCUT2D eigenvalue weighted by atomic mass is 10.1. The topological polar surface area (TPSA) is 73.1 Å². The fourth-order valence-electron chi connectivity index (χ4n) is 3.36. The van der Waals surface area contributed by atoms with Crippen LogP contribution < -0.4 is 4.74 Å². The molecule has 0 aliphatic heterocycles. The lowest BCUT2D eigenvalue weighted by Crippen LogP contribution is -2.22. The number of amides is 1. The summed E-state index contributed by atoms with van der Waals surface area (Å²) in [6, 6.07) is 10.6. The van der Waals surface area contributed by atoms with Crippen LogP contribution in [0.25, 0.3) is 11.3 Å². The second-order valence-electron chi connectivity index (χ2n) is 7.63. The average Bonchev–Trinajstić information content (AvgIpc) is 3.24. The number of hydrogen-bond donors (Lipinski definition) is 0. The minimum atomic E-state index is -1.19. The molecule has 0 aliphatic carbocycles. The molecular formula is C24H20F3N5O2. The average molecular weight is 467 g/mol. The number of carbonyl (C=O) groups is 1. The third-order valence-corrected chi connectivity index (χ3v) is 5.15. The van der Waals surface area contributed by atoms with Crippen LogP contribution in [0.15, 0.2) is 55.0 Å². The monoisotopic (exact) mass is 467 g/mol. The van der Waals surface area contributed by atoms with E-state index in [1.807, 2.05) is 43.6 Å². The van der Waals surface area contributed by atoms with Gasteiger partial charge >= 0.3 is 0 Å². The molecule has 0 radical (unpaired) electrons. The minimum absolute atomic E-state index is 0.0972. The third-order valence-electron chi connectivity index (χ3n) is 5.15. The molecule has 7 nitrogen and oxygen atoms in total. The molecule has 174 valence electrons. The summed E-state index contributed by atoms with van der Waals surface area (Å²) in [6.07, 6.45) is 3.72. The molecule has 0 atom stereocenters. The van der Waals surface area contributed by atoms with Crippen LogP contribution in [0.3, 0.4) is 0 Å². The Balaban J connectivity index is 1.49. The molecule has 1 amide bonds. The molecule has 0 aliphatic rings. The van der Waals surface area contributed by atoms with E-state index in [-0.39, 0.29) is 12.4 Å². The maximum absolute atomic E-state index is 14.0.